The Balaban J connectivity index is 1.39. The van der Waals surface area contributed by atoms with Crippen LogP contribution in [0.2, 0.25) is 0 Å². The van der Waals surface area contributed by atoms with E-state index in [9.17, 15) is 19.5 Å². The third-order valence-corrected chi connectivity index (χ3v) is 14.2. The molecule has 6 rings (SSSR count). The summed E-state index contributed by atoms with van der Waals surface area (Å²) in [5.74, 6) is -3.37. The summed E-state index contributed by atoms with van der Waals surface area (Å²) in [7, 11) is 5.45. The quantitative estimate of drug-likeness (QED) is 0.259. The monoisotopic (exact) mass is 824 g/mol. The molecule has 2 bridgehead atoms. The number of nitrogens with zero attached hydrogens (tertiary/aromatic N) is 5. The van der Waals surface area contributed by atoms with Crippen molar-refractivity contribution in [1.82, 2.24) is 24.8 Å². The summed E-state index contributed by atoms with van der Waals surface area (Å²) in [5, 5.41) is 16.6. The van der Waals surface area contributed by atoms with Crippen molar-refractivity contribution in [2.24, 2.45) is 23.7 Å². The Hall–Kier alpha value is -3.24. The van der Waals surface area contributed by atoms with Crippen LogP contribution in [0.5, 0.6) is 0 Å². The van der Waals surface area contributed by atoms with Crippen LogP contribution in [0.3, 0.4) is 0 Å². The molecule has 4 saturated heterocycles. The Morgan fingerprint density at radius 2 is 1.75 bits per heavy atom. The van der Waals surface area contributed by atoms with Crippen LogP contribution in [0.1, 0.15) is 87.1 Å². The van der Waals surface area contributed by atoms with Gasteiger partial charge in [-0.3, -0.25) is 19.5 Å². The number of carbonyl (C=O) groups excluding carboxylic acids is 3. The molecule has 59 heavy (non-hydrogen) atoms. The van der Waals surface area contributed by atoms with E-state index in [0.29, 0.717) is 32.6 Å². The number of rotatable bonds is 9. The first-order chi connectivity index (χ1) is 27.9. The number of hydrogen-bond acceptors (Lipinski definition) is 13. The number of fused-ring (bicyclic) bond motifs is 2. The first-order valence-corrected chi connectivity index (χ1v) is 21.6. The van der Waals surface area contributed by atoms with Gasteiger partial charge in [0, 0.05) is 43.2 Å². The predicted molar refractivity (Wildman–Crippen MR) is 223 cm³/mol. The van der Waals surface area contributed by atoms with Gasteiger partial charge in [-0.25, -0.2) is 14.8 Å². The van der Waals surface area contributed by atoms with Crippen LogP contribution >= 0.6 is 0 Å². The number of cyclic esters (lactones) is 1. The fourth-order valence-electron chi connectivity index (χ4n) is 10.8. The molecule has 0 aliphatic carbocycles. The first-order valence-electron chi connectivity index (χ1n) is 21.6. The lowest BCUT2D eigenvalue weighted by molar-refractivity contribution is -0.296. The molecular formula is C45H69N5O9. The molecule has 1 amide bonds. The summed E-state index contributed by atoms with van der Waals surface area (Å²) < 4.78 is 32.0. The van der Waals surface area contributed by atoms with Gasteiger partial charge in [-0.05, 0) is 110 Å². The van der Waals surface area contributed by atoms with E-state index in [-0.39, 0.29) is 35.8 Å². The van der Waals surface area contributed by atoms with Crippen LogP contribution in [0, 0.1) is 23.7 Å². The second kappa shape index (κ2) is 18.0. The van der Waals surface area contributed by atoms with Gasteiger partial charge >= 0.3 is 12.1 Å². The minimum Gasteiger partial charge on any atom is -0.458 e. The third kappa shape index (κ3) is 8.65. The molecule has 14 heteroatoms. The molecule has 2 aromatic rings. The zero-order chi connectivity index (χ0) is 43.1. The molecule has 1 aromatic carbocycles. The molecule has 4 fully saturated rings. The summed E-state index contributed by atoms with van der Waals surface area (Å²) >= 11 is 0. The van der Waals surface area contributed by atoms with Gasteiger partial charge in [0.05, 0.1) is 36.0 Å². The molecule has 1 aromatic heterocycles. The normalized spacial score (nSPS) is 39.2. The molecule has 0 radical (unpaired) electrons. The summed E-state index contributed by atoms with van der Waals surface area (Å²) in [6, 6.07) is 9.33. The van der Waals surface area contributed by atoms with E-state index in [1.807, 2.05) is 64.2 Å². The van der Waals surface area contributed by atoms with Crippen molar-refractivity contribution in [3.63, 3.8) is 0 Å². The van der Waals surface area contributed by atoms with Crippen molar-refractivity contribution in [2.45, 2.75) is 148 Å². The number of carbonyl (C=O) groups is 3. The molecule has 0 saturated carbocycles. The highest BCUT2D eigenvalue weighted by Gasteiger charge is 2.63. The van der Waals surface area contributed by atoms with Crippen LogP contribution in [-0.4, -0.2) is 149 Å². The molecule has 5 heterocycles. The van der Waals surface area contributed by atoms with Crippen LogP contribution in [-0.2, 0) is 39.7 Å². The lowest BCUT2D eigenvalue weighted by Crippen LogP contribution is -2.61. The first kappa shape index (κ1) is 45.3. The molecule has 328 valence electrons. The average molecular weight is 824 g/mol. The van der Waals surface area contributed by atoms with Gasteiger partial charge in [0.15, 0.2) is 17.7 Å². The van der Waals surface area contributed by atoms with Crippen molar-refractivity contribution >= 4 is 28.7 Å². The summed E-state index contributed by atoms with van der Waals surface area (Å²) in [5.41, 5.74) is -0.183. The zero-order valence-electron chi connectivity index (χ0n) is 37.3. The maximum absolute atomic E-state index is 14.4. The zero-order valence-corrected chi connectivity index (χ0v) is 37.3. The number of benzene rings is 1. The van der Waals surface area contributed by atoms with Crippen LogP contribution in [0.15, 0.2) is 36.5 Å². The number of amides is 1. The third-order valence-electron chi connectivity index (χ3n) is 14.2. The molecular weight excluding hydrogens is 755 g/mol. The number of methoxy groups -OCH3 is 1. The van der Waals surface area contributed by atoms with Gasteiger partial charge in [-0.1, -0.05) is 45.9 Å². The Kier molecular flexibility index (Phi) is 13.8. The van der Waals surface area contributed by atoms with Gasteiger partial charge in [0.25, 0.3) is 0 Å². The van der Waals surface area contributed by atoms with Crippen molar-refractivity contribution in [3.05, 3.63) is 42.1 Å². The highest BCUT2D eigenvalue weighted by molar-refractivity contribution is 6.00. The van der Waals surface area contributed by atoms with Gasteiger partial charge in [0.2, 0.25) is 0 Å². The van der Waals surface area contributed by atoms with E-state index in [2.05, 4.69) is 47.8 Å². The maximum Gasteiger partial charge on any atom is 0.425 e. The number of ketones is 1. The van der Waals surface area contributed by atoms with E-state index in [0.717, 1.165) is 23.7 Å². The number of pyridine rings is 1. The standard InChI is InChI=1S/C45H69N5O9/c1-13-48-25-49(22-16-17-32-20-21-46-34-19-15-14-18-33(32)34)50-39-28(4)36(48)26(2)24-44(8,55-12)40(58-42-38(52)35(47(10)11)23-27(3)56-42)29(5)37(51)30(6)41(53)57-31(7)45(39,9)59-43(50)54/h14-15,18-21,26-31,35-36,38-40,42,52H,13,16-17,22-25H2,1-12H3/t26-,27-,28+,29+,30-,31-,35+,36?,38-,39?,40-,42?,44+,45-/m1/s1. The number of para-hydroxylation sites is 1. The topological polar surface area (TPSA) is 143 Å². The summed E-state index contributed by atoms with van der Waals surface area (Å²) in [4.78, 5) is 51.7. The minimum absolute atomic E-state index is 0.0721. The lowest BCUT2D eigenvalue weighted by Gasteiger charge is -2.48. The number of aryl methyl sites for hydroxylation is 1. The summed E-state index contributed by atoms with van der Waals surface area (Å²) in [6.07, 6.45) is -0.0873. The second-order valence-corrected chi connectivity index (χ2v) is 18.4. The summed E-state index contributed by atoms with van der Waals surface area (Å²) in [6.45, 7) is 19.0. The highest BCUT2D eigenvalue weighted by Crippen LogP contribution is 2.46. The number of hydrogen-bond donors (Lipinski definition) is 1. The van der Waals surface area contributed by atoms with E-state index in [4.69, 9.17) is 23.7 Å². The number of hydrazine groups is 1. The van der Waals surface area contributed by atoms with E-state index < -0.39 is 65.7 Å². The van der Waals surface area contributed by atoms with Crippen LogP contribution in [0.25, 0.3) is 10.9 Å². The fourth-order valence-corrected chi connectivity index (χ4v) is 10.8. The van der Waals surface area contributed by atoms with Gasteiger partial charge in [-0.2, -0.15) is 0 Å². The second-order valence-electron chi connectivity index (χ2n) is 18.4. The number of aromatic nitrogens is 1. The van der Waals surface area contributed by atoms with Crippen molar-refractivity contribution in [3.8, 4) is 0 Å². The van der Waals surface area contributed by atoms with Gasteiger partial charge in [-0.15, -0.1) is 0 Å². The molecule has 14 atom stereocenters. The minimum atomic E-state index is -1.24. The number of aliphatic hydroxyl groups is 1. The smallest absolute Gasteiger partial charge is 0.425 e. The number of likely N-dealkylation sites (N-methyl/N-ethyl adjacent to an activating group) is 1. The van der Waals surface area contributed by atoms with E-state index in [1.54, 1.807) is 32.9 Å². The van der Waals surface area contributed by atoms with E-state index >= 15 is 0 Å². The van der Waals surface area contributed by atoms with Crippen molar-refractivity contribution in [1.29, 1.82) is 0 Å². The molecule has 3 unspecified atom stereocenters. The average Bonchev–Trinajstić information content (AvgIpc) is 3.40. The number of esters is 1. The molecule has 1 N–H and O–H groups in total. The predicted octanol–water partition coefficient (Wildman–Crippen LogP) is 5.29. The largest absolute Gasteiger partial charge is 0.458 e. The molecule has 4 aliphatic heterocycles. The van der Waals surface area contributed by atoms with E-state index in [1.165, 1.54) is 5.56 Å². The number of aliphatic hydroxyl groups excluding tert-OH is 1. The molecule has 14 nitrogen and oxygen atoms in total. The Labute approximate surface area is 350 Å². The van der Waals surface area contributed by atoms with Crippen molar-refractivity contribution in [2.75, 3.05) is 41.0 Å². The molecule has 4 aliphatic rings. The Bertz CT molecular complexity index is 1810. The van der Waals surface area contributed by atoms with Gasteiger partial charge < -0.3 is 33.7 Å². The van der Waals surface area contributed by atoms with Crippen LogP contribution < -0.4 is 0 Å². The lowest BCUT2D eigenvalue weighted by atomic mass is 9.71. The maximum atomic E-state index is 14.4. The number of Topliss-reactive ketones (excluding diaryl/α,β-unsaturated/α-hetero) is 1. The number of ether oxygens (including phenoxy) is 5. The van der Waals surface area contributed by atoms with Crippen LogP contribution in [0.4, 0.5) is 4.79 Å². The fraction of sp³-hybridized carbons (Fsp3) is 0.733. The SMILES string of the molecule is CCN1CN(CCCc2ccnc3ccccc23)N2C(=O)O[C@@]3(C)C2[C@@H](C)C1[C@H](C)C[C@](C)(OC)[C@H](OC1O[C@H](C)C[C@H](N(C)C)[C@H]1O)[C@@H](C)C(=O)[C@@H](C)C(=O)O[C@@H]3C. The van der Waals surface area contributed by atoms with Crippen molar-refractivity contribution < 1.29 is 43.2 Å². The highest BCUT2D eigenvalue weighted by atomic mass is 16.7. The Morgan fingerprint density at radius 3 is 2.42 bits per heavy atom. The van der Waals surface area contributed by atoms with Gasteiger partial charge in [0.1, 0.15) is 18.1 Å². The molecule has 0 spiro atoms. The Morgan fingerprint density at radius 1 is 1.03 bits per heavy atom.